The van der Waals surface area contributed by atoms with Crippen molar-refractivity contribution in [2.24, 2.45) is 14.1 Å². The summed E-state index contributed by atoms with van der Waals surface area (Å²) in [4.78, 5) is 31.0. The van der Waals surface area contributed by atoms with Crippen molar-refractivity contribution in [1.82, 2.24) is 19.1 Å². The Bertz CT molecular complexity index is 909. The number of aryl methyl sites for hydroxylation is 2. The standard InChI is InChI=1S/C9H10N4O5S/c1-4-7(19(16,17)18)11-6-5(10-4)8(14)13(3)9(15)12(6)2/h1-3H3,(H,16,17,18). The van der Waals surface area contributed by atoms with Gasteiger partial charge in [-0.15, -0.1) is 0 Å². The fraction of sp³-hybridized carbons (Fsp3) is 0.333. The lowest BCUT2D eigenvalue weighted by atomic mass is 10.4. The van der Waals surface area contributed by atoms with Gasteiger partial charge in [0.2, 0.25) is 5.03 Å². The lowest BCUT2D eigenvalue weighted by Crippen LogP contribution is -2.38. The minimum atomic E-state index is -4.58. The second-order valence-electron chi connectivity index (χ2n) is 3.97. The molecule has 0 spiro atoms. The average molecular weight is 286 g/mol. The van der Waals surface area contributed by atoms with Crippen LogP contribution in [0.4, 0.5) is 0 Å². The number of hydrogen-bond donors (Lipinski definition) is 1. The van der Waals surface area contributed by atoms with Crippen molar-refractivity contribution >= 4 is 21.3 Å². The van der Waals surface area contributed by atoms with Gasteiger partial charge in [-0.2, -0.15) is 8.42 Å². The lowest BCUT2D eigenvalue weighted by Gasteiger charge is -2.08. The van der Waals surface area contributed by atoms with Gasteiger partial charge in [0, 0.05) is 14.1 Å². The molecule has 0 unspecified atom stereocenters. The molecule has 0 saturated carbocycles. The second kappa shape index (κ2) is 3.96. The number of rotatable bonds is 1. The van der Waals surface area contributed by atoms with E-state index >= 15 is 0 Å². The number of aromatic nitrogens is 4. The quantitative estimate of drug-likeness (QED) is 0.638. The summed E-state index contributed by atoms with van der Waals surface area (Å²) in [6, 6.07) is 0. The fourth-order valence-corrected chi connectivity index (χ4v) is 2.30. The summed E-state index contributed by atoms with van der Waals surface area (Å²) in [5, 5.41) is -0.678. The second-order valence-corrected chi connectivity index (χ2v) is 5.30. The molecule has 19 heavy (non-hydrogen) atoms. The maximum absolute atomic E-state index is 11.8. The zero-order valence-electron chi connectivity index (χ0n) is 10.3. The van der Waals surface area contributed by atoms with Crippen LogP contribution in [0.25, 0.3) is 11.2 Å². The van der Waals surface area contributed by atoms with E-state index in [0.717, 1.165) is 9.13 Å². The van der Waals surface area contributed by atoms with Gasteiger partial charge in [-0.3, -0.25) is 18.5 Å². The van der Waals surface area contributed by atoms with Gasteiger partial charge in [0.1, 0.15) is 0 Å². The monoisotopic (exact) mass is 286 g/mol. The van der Waals surface area contributed by atoms with Gasteiger partial charge in [-0.1, -0.05) is 0 Å². The molecule has 102 valence electrons. The highest BCUT2D eigenvalue weighted by molar-refractivity contribution is 7.85. The molecule has 9 nitrogen and oxygen atoms in total. The molecular weight excluding hydrogens is 276 g/mol. The van der Waals surface area contributed by atoms with Gasteiger partial charge in [0.15, 0.2) is 11.2 Å². The number of hydrogen-bond acceptors (Lipinski definition) is 6. The van der Waals surface area contributed by atoms with Gasteiger partial charge < -0.3 is 0 Å². The Morgan fingerprint density at radius 3 is 2.21 bits per heavy atom. The average Bonchev–Trinajstić information content (AvgIpc) is 2.31. The van der Waals surface area contributed by atoms with E-state index in [0.29, 0.717) is 0 Å². The smallest absolute Gasteiger partial charge is 0.281 e. The Hall–Kier alpha value is -2.07. The van der Waals surface area contributed by atoms with Crippen LogP contribution in [0.1, 0.15) is 5.69 Å². The first-order chi connectivity index (χ1) is 8.64. The van der Waals surface area contributed by atoms with Crippen LogP contribution in [0.2, 0.25) is 0 Å². The summed E-state index contributed by atoms with van der Waals surface area (Å²) < 4.78 is 33.1. The zero-order valence-corrected chi connectivity index (χ0v) is 11.1. The molecule has 0 aromatic carbocycles. The van der Waals surface area contributed by atoms with Crippen LogP contribution in [-0.4, -0.2) is 32.1 Å². The number of nitrogens with zero attached hydrogens (tertiary/aromatic N) is 4. The van der Waals surface area contributed by atoms with E-state index in [1.807, 2.05) is 0 Å². The summed E-state index contributed by atoms with van der Waals surface area (Å²) in [6.07, 6.45) is 0. The highest BCUT2D eigenvalue weighted by Crippen LogP contribution is 2.12. The molecule has 0 bridgehead atoms. The van der Waals surface area contributed by atoms with E-state index in [1.165, 1.54) is 21.0 Å². The maximum Gasteiger partial charge on any atom is 0.332 e. The van der Waals surface area contributed by atoms with Crippen molar-refractivity contribution in [3.63, 3.8) is 0 Å². The van der Waals surface area contributed by atoms with Crippen LogP contribution in [0.5, 0.6) is 0 Å². The molecule has 2 aromatic rings. The Morgan fingerprint density at radius 1 is 1.11 bits per heavy atom. The molecule has 0 fully saturated rings. The summed E-state index contributed by atoms with van der Waals surface area (Å²) in [5.41, 5.74) is -1.82. The van der Waals surface area contributed by atoms with Crippen LogP contribution in [0, 0.1) is 6.92 Å². The molecule has 1 N–H and O–H groups in total. The molecule has 0 radical (unpaired) electrons. The minimum absolute atomic E-state index is 0.120. The van der Waals surface area contributed by atoms with Crippen molar-refractivity contribution in [3.8, 4) is 0 Å². The van der Waals surface area contributed by atoms with E-state index < -0.39 is 26.4 Å². The van der Waals surface area contributed by atoms with Crippen molar-refractivity contribution < 1.29 is 13.0 Å². The molecule has 2 rings (SSSR count). The van der Waals surface area contributed by atoms with E-state index in [1.54, 1.807) is 0 Å². The third-order valence-electron chi connectivity index (χ3n) is 2.65. The summed E-state index contributed by atoms with van der Waals surface area (Å²) >= 11 is 0. The zero-order chi connectivity index (χ0) is 14.5. The minimum Gasteiger partial charge on any atom is -0.281 e. The SMILES string of the molecule is Cc1nc2c(=O)n(C)c(=O)n(C)c2nc1S(=O)(=O)O. The molecule has 0 atom stereocenters. The Balaban J connectivity index is 3.13. The predicted molar refractivity (Wildman–Crippen MR) is 64.6 cm³/mol. The summed E-state index contributed by atoms with van der Waals surface area (Å²) in [5.74, 6) is 0. The fourth-order valence-electron chi connectivity index (χ4n) is 1.68. The molecule has 0 amide bonds. The Kier molecular flexibility index (Phi) is 2.79. The van der Waals surface area contributed by atoms with E-state index in [4.69, 9.17) is 4.55 Å². The van der Waals surface area contributed by atoms with Gasteiger partial charge in [0.05, 0.1) is 5.69 Å². The maximum atomic E-state index is 11.8. The Morgan fingerprint density at radius 2 is 1.68 bits per heavy atom. The first-order valence-corrected chi connectivity index (χ1v) is 6.50. The van der Waals surface area contributed by atoms with Gasteiger partial charge in [0.25, 0.3) is 5.56 Å². The van der Waals surface area contributed by atoms with Crippen LogP contribution < -0.4 is 11.2 Å². The van der Waals surface area contributed by atoms with Crippen LogP contribution in [0.15, 0.2) is 14.6 Å². The van der Waals surface area contributed by atoms with Crippen molar-refractivity contribution in [1.29, 1.82) is 0 Å². The summed E-state index contributed by atoms with van der Waals surface area (Å²) in [7, 11) is -1.98. The van der Waals surface area contributed by atoms with E-state index in [2.05, 4.69) is 9.97 Å². The van der Waals surface area contributed by atoms with Crippen molar-refractivity contribution in [2.75, 3.05) is 0 Å². The largest absolute Gasteiger partial charge is 0.332 e. The molecule has 0 aliphatic rings. The molecule has 0 saturated heterocycles. The molecule has 2 heterocycles. The molecule has 0 aliphatic carbocycles. The van der Waals surface area contributed by atoms with Crippen LogP contribution >= 0.6 is 0 Å². The normalized spacial score (nSPS) is 12.0. The van der Waals surface area contributed by atoms with Crippen LogP contribution in [-0.2, 0) is 24.2 Å². The predicted octanol–water partition coefficient (Wildman–Crippen LogP) is -1.42. The van der Waals surface area contributed by atoms with Crippen molar-refractivity contribution in [3.05, 3.63) is 26.5 Å². The van der Waals surface area contributed by atoms with Gasteiger partial charge in [-0.05, 0) is 6.92 Å². The number of fused-ring (bicyclic) bond motifs is 1. The first kappa shape index (κ1) is 13.4. The molecule has 0 aliphatic heterocycles. The third-order valence-corrected chi connectivity index (χ3v) is 3.53. The third kappa shape index (κ3) is 1.94. The summed E-state index contributed by atoms with van der Waals surface area (Å²) in [6.45, 7) is 1.29. The van der Waals surface area contributed by atoms with Gasteiger partial charge in [-0.25, -0.2) is 14.8 Å². The Labute approximate surface area is 106 Å². The van der Waals surface area contributed by atoms with Gasteiger partial charge >= 0.3 is 15.8 Å². The first-order valence-electron chi connectivity index (χ1n) is 5.06. The lowest BCUT2D eigenvalue weighted by molar-refractivity contribution is 0.478. The van der Waals surface area contributed by atoms with Crippen molar-refractivity contribution in [2.45, 2.75) is 11.9 Å². The topological polar surface area (TPSA) is 124 Å². The molecule has 10 heteroatoms. The molecule has 2 aromatic heterocycles. The van der Waals surface area contributed by atoms with E-state index in [9.17, 15) is 18.0 Å². The highest BCUT2D eigenvalue weighted by atomic mass is 32.2. The highest BCUT2D eigenvalue weighted by Gasteiger charge is 2.20. The molecular formula is C9H10N4O5S. The van der Waals surface area contributed by atoms with E-state index in [-0.39, 0.29) is 16.9 Å². The van der Waals surface area contributed by atoms with Crippen LogP contribution in [0.3, 0.4) is 0 Å².